The Morgan fingerprint density at radius 3 is 2.41 bits per heavy atom. The number of methoxy groups -OCH3 is 2. The summed E-state index contributed by atoms with van der Waals surface area (Å²) in [5, 5.41) is 12.0. The van der Waals surface area contributed by atoms with Crippen LogP contribution in [0.4, 0.5) is 0 Å². The molecule has 0 saturated heterocycles. The minimum Gasteiger partial charge on any atom is -0.493 e. The highest BCUT2D eigenvalue weighted by molar-refractivity contribution is 5.43. The molecule has 1 rings (SSSR count). The second-order valence-electron chi connectivity index (χ2n) is 4.10. The van der Waals surface area contributed by atoms with E-state index in [4.69, 9.17) is 9.47 Å². The summed E-state index contributed by atoms with van der Waals surface area (Å²) in [7, 11) is 3.17. The van der Waals surface area contributed by atoms with Gasteiger partial charge in [-0.25, -0.2) is 5.11 Å². The van der Waals surface area contributed by atoms with E-state index < -0.39 is 6.10 Å². The summed E-state index contributed by atoms with van der Waals surface area (Å²) >= 11 is 0. The first kappa shape index (κ1) is 13.8. The second-order valence-corrected chi connectivity index (χ2v) is 4.10. The Kier molecular flexibility index (Phi) is 5.84. The van der Waals surface area contributed by atoms with Gasteiger partial charge in [0.2, 0.25) is 0 Å². The summed E-state index contributed by atoms with van der Waals surface area (Å²) in [5.74, 6) is 1.29. The molecule has 95 valence electrons. The van der Waals surface area contributed by atoms with E-state index in [1.165, 1.54) is 0 Å². The lowest BCUT2D eigenvalue weighted by molar-refractivity contribution is 0.0784. The van der Waals surface area contributed by atoms with Gasteiger partial charge in [-0.05, 0) is 24.1 Å². The van der Waals surface area contributed by atoms with Crippen LogP contribution in [-0.2, 0) is 5.11 Å². The predicted molar refractivity (Wildman–Crippen MR) is 67.1 cm³/mol. The quantitative estimate of drug-likeness (QED) is 0.677. The van der Waals surface area contributed by atoms with Crippen LogP contribution in [0.3, 0.4) is 0 Å². The van der Waals surface area contributed by atoms with Gasteiger partial charge < -0.3 is 9.47 Å². The summed E-state index contributed by atoms with van der Waals surface area (Å²) in [6, 6.07) is 5.40. The fourth-order valence-corrected chi connectivity index (χ4v) is 1.80. The first-order valence-corrected chi connectivity index (χ1v) is 6.10. The van der Waals surface area contributed by atoms with E-state index in [1.807, 2.05) is 6.07 Å². The molecule has 3 heteroatoms. The van der Waals surface area contributed by atoms with Crippen molar-refractivity contribution >= 4 is 0 Å². The number of rotatable bonds is 7. The third kappa shape index (κ3) is 3.93. The van der Waals surface area contributed by atoms with Gasteiger partial charge in [0.25, 0.3) is 0 Å². The third-order valence-electron chi connectivity index (χ3n) is 2.85. The molecule has 1 radical (unpaired) electrons. The maximum Gasteiger partial charge on any atom is 0.161 e. The zero-order chi connectivity index (χ0) is 12.7. The summed E-state index contributed by atoms with van der Waals surface area (Å²) in [5.41, 5.74) is 0.777. The zero-order valence-electron chi connectivity index (χ0n) is 10.9. The first-order valence-electron chi connectivity index (χ1n) is 6.10. The van der Waals surface area contributed by atoms with Crippen molar-refractivity contribution in [2.45, 2.75) is 38.7 Å². The van der Waals surface area contributed by atoms with Gasteiger partial charge in [0.1, 0.15) is 6.10 Å². The predicted octanol–water partition coefficient (Wildman–Crippen LogP) is 3.76. The molecule has 0 N–H and O–H groups in total. The zero-order valence-corrected chi connectivity index (χ0v) is 10.9. The van der Waals surface area contributed by atoms with E-state index >= 15 is 0 Å². The lowest BCUT2D eigenvalue weighted by Gasteiger charge is -2.12. The molecule has 3 nitrogen and oxygen atoms in total. The van der Waals surface area contributed by atoms with E-state index in [-0.39, 0.29) is 0 Å². The molecule has 0 aromatic heterocycles. The Labute approximate surface area is 103 Å². The standard InChI is InChI=1S/C14H21O3/c1-4-5-6-7-12(15)11-8-9-13(16-2)14(10-11)17-3/h8-10,12H,4-7H2,1-3H3. The average Bonchev–Trinajstić information content (AvgIpc) is 2.38. The van der Waals surface area contributed by atoms with E-state index in [2.05, 4.69) is 6.92 Å². The number of hydrogen-bond donors (Lipinski definition) is 0. The Bertz CT molecular complexity index is 336. The van der Waals surface area contributed by atoms with Gasteiger partial charge in [-0.2, -0.15) is 0 Å². The molecule has 0 saturated carbocycles. The van der Waals surface area contributed by atoms with Crippen molar-refractivity contribution in [1.29, 1.82) is 0 Å². The van der Waals surface area contributed by atoms with Gasteiger partial charge in [-0.1, -0.05) is 32.3 Å². The van der Waals surface area contributed by atoms with Gasteiger partial charge >= 0.3 is 0 Å². The van der Waals surface area contributed by atoms with Crippen LogP contribution >= 0.6 is 0 Å². The minimum absolute atomic E-state index is 0.626. The number of benzene rings is 1. The number of hydrogen-bond acceptors (Lipinski definition) is 2. The van der Waals surface area contributed by atoms with Crippen molar-refractivity contribution in [2.75, 3.05) is 14.2 Å². The Balaban J connectivity index is 2.70. The van der Waals surface area contributed by atoms with E-state index in [0.29, 0.717) is 17.9 Å². The summed E-state index contributed by atoms with van der Waals surface area (Å²) < 4.78 is 10.3. The largest absolute Gasteiger partial charge is 0.493 e. The topological polar surface area (TPSA) is 38.4 Å². The smallest absolute Gasteiger partial charge is 0.161 e. The van der Waals surface area contributed by atoms with Crippen molar-refractivity contribution in [3.8, 4) is 11.5 Å². The highest BCUT2D eigenvalue weighted by atomic mass is 16.5. The van der Waals surface area contributed by atoms with Gasteiger partial charge in [0.15, 0.2) is 11.5 Å². The molecule has 1 atom stereocenters. The molecule has 0 spiro atoms. The molecule has 1 aromatic rings. The first-order chi connectivity index (χ1) is 8.22. The van der Waals surface area contributed by atoms with Gasteiger partial charge in [-0.3, -0.25) is 0 Å². The third-order valence-corrected chi connectivity index (χ3v) is 2.85. The van der Waals surface area contributed by atoms with Crippen LogP contribution in [0, 0.1) is 0 Å². The van der Waals surface area contributed by atoms with Crippen molar-refractivity contribution in [1.82, 2.24) is 0 Å². The minimum atomic E-state index is -0.665. The fourth-order valence-electron chi connectivity index (χ4n) is 1.80. The lowest BCUT2D eigenvalue weighted by atomic mass is 10.0. The maximum atomic E-state index is 12.0. The van der Waals surface area contributed by atoms with Crippen molar-refractivity contribution < 1.29 is 14.6 Å². The fraction of sp³-hybridized carbons (Fsp3) is 0.571. The molecule has 0 bridgehead atoms. The molecule has 0 aliphatic rings. The molecule has 0 aliphatic heterocycles. The van der Waals surface area contributed by atoms with E-state index in [1.54, 1.807) is 26.4 Å². The highest BCUT2D eigenvalue weighted by Gasteiger charge is 2.12. The molecule has 0 fully saturated rings. The Morgan fingerprint density at radius 2 is 1.82 bits per heavy atom. The molecular weight excluding hydrogens is 216 g/mol. The average molecular weight is 237 g/mol. The molecule has 0 heterocycles. The molecular formula is C14H21O3. The summed E-state index contributed by atoms with van der Waals surface area (Å²) in [6.07, 6.45) is 3.26. The monoisotopic (exact) mass is 237 g/mol. The van der Waals surface area contributed by atoms with Gasteiger partial charge in [-0.15, -0.1) is 0 Å². The molecule has 1 aromatic carbocycles. The van der Waals surface area contributed by atoms with Crippen LogP contribution in [0.25, 0.3) is 0 Å². The Morgan fingerprint density at radius 1 is 1.12 bits per heavy atom. The molecule has 0 amide bonds. The van der Waals surface area contributed by atoms with Gasteiger partial charge in [0.05, 0.1) is 14.2 Å². The molecule has 1 unspecified atom stereocenters. The highest BCUT2D eigenvalue weighted by Crippen LogP contribution is 2.31. The van der Waals surface area contributed by atoms with Crippen molar-refractivity contribution in [3.05, 3.63) is 23.8 Å². The van der Waals surface area contributed by atoms with Crippen molar-refractivity contribution in [3.63, 3.8) is 0 Å². The van der Waals surface area contributed by atoms with Crippen molar-refractivity contribution in [2.24, 2.45) is 0 Å². The van der Waals surface area contributed by atoms with Crippen LogP contribution in [-0.4, -0.2) is 14.2 Å². The van der Waals surface area contributed by atoms with E-state index in [0.717, 1.165) is 24.8 Å². The second kappa shape index (κ2) is 7.17. The van der Waals surface area contributed by atoms with Crippen LogP contribution in [0.5, 0.6) is 11.5 Å². The lowest BCUT2D eigenvalue weighted by Crippen LogP contribution is -1.98. The summed E-state index contributed by atoms with van der Waals surface area (Å²) in [4.78, 5) is 0. The molecule has 0 aliphatic carbocycles. The SMILES string of the molecule is CCCCCC([O])c1ccc(OC)c(OC)c1. The molecule has 17 heavy (non-hydrogen) atoms. The van der Waals surface area contributed by atoms with Crippen LogP contribution in [0.2, 0.25) is 0 Å². The van der Waals surface area contributed by atoms with Crippen LogP contribution < -0.4 is 9.47 Å². The summed E-state index contributed by atoms with van der Waals surface area (Å²) in [6.45, 7) is 2.14. The maximum absolute atomic E-state index is 12.0. The van der Waals surface area contributed by atoms with Gasteiger partial charge in [0, 0.05) is 0 Å². The Hall–Kier alpha value is -1.22. The normalized spacial score (nSPS) is 12.2. The number of ether oxygens (including phenoxy) is 2. The van der Waals surface area contributed by atoms with E-state index in [9.17, 15) is 5.11 Å². The van der Waals surface area contributed by atoms with Crippen LogP contribution in [0.15, 0.2) is 18.2 Å². The number of unbranched alkanes of at least 4 members (excludes halogenated alkanes) is 2. The van der Waals surface area contributed by atoms with Crippen LogP contribution in [0.1, 0.15) is 44.3 Å².